The maximum Gasteiger partial charge on any atom is 0.330 e. The smallest absolute Gasteiger partial charge is 0.330 e. The van der Waals surface area contributed by atoms with Crippen LogP contribution in [-0.4, -0.2) is 34.0 Å². The third kappa shape index (κ3) is 2.30. The van der Waals surface area contributed by atoms with Crippen molar-refractivity contribution in [2.24, 2.45) is 0 Å². The van der Waals surface area contributed by atoms with Crippen LogP contribution in [0.4, 0.5) is 0 Å². The second-order valence-electron chi connectivity index (χ2n) is 5.48. The van der Waals surface area contributed by atoms with Crippen molar-refractivity contribution in [1.82, 2.24) is 5.32 Å². The minimum Gasteiger partial charge on any atom is -0.479 e. The lowest BCUT2D eigenvalue weighted by molar-refractivity contribution is -0.143. The number of hydrogen-bond acceptors (Lipinski definition) is 3. The lowest BCUT2D eigenvalue weighted by atomic mass is 9.98. The van der Waals surface area contributed by atoms with Crippen molar-refractivity contribution in [3.8, 4) is 0 Å². The maximum absolute atomic E-state index is 12.3. The molecule has 0 spiro atoms. The molecule has 0 aromatic heterocycles. The predicted molar refractivity (Wildman–Crippen MR) is 78.2 cm³/mol. The highest BCUT2D eigenvalue weighted by atomic mass is 32.2. The van der Waals surface area contributed by atoms with Crippen LogP contribution < -0.4 is 5.32 Å². The summed E-state index contributed by atoms with van der Waals surface area (Å²) in [7, 11) is 0. The van der Waals surface area contributed by atoms with Crippen LogP contribution in [0.25, 0.3) is 0 Å². The molecular formula is C15H17NO3S. The van der Waals surface area contributed by atoms with Crippen molar-refractivity contribution in [3.05, 3.63) is 34.9 Å². The summed E-state index contributed by atoms with van der Waals surface area (Å²) < 4.78 is 0. The molecule has 2 N–H and O–H groups in total. The summed E-state index contributed by atoms with van der Waals surface area (Å²) in [6.07, 6.45) is 3.71. The molecule has 1 aromatic carbocycles. The lowest BCUT2D eigenvalue weighted by Crippen LogP contribution is -2.54. The largest absolute Gasteiger partial charge is 0.479 e. The van der Waals surface area contributed by atoms with Gasteiger partial charge in [0.05, 0.1) is 0 Å². The number of carbonyl (C=O) groups is 2. The van der Waals surface area contributed by atoms with Gasteiger partial charge in [0.1, 0.15) is 5.54 Å². The van der Waals surface area contributed by atoms with Crippen molar-refractivity contribution in [1.29, 1.82) is 0 Å². The molecule has 1 fully saturated rings. The van der Waals surface area contributed by atoms with E-state index in [2.05, 4.69) is 5.32 Å². The molecule has 1 heterocycles. The van der Waals surface area contributed by atoms with Crippen LogP contribution in [0.2, 0.25) is 0 Å². The first-order chi connectivity index (χ1) is 9.61. The summed E-state index contributed by atoms with van der Waals surface area (Å²) in [6.45, 7) is 0. The van der Waals surface area contributed by atoms with Gasteiger partial charge in [0.15, 0.2) is 0 Å². The fourth-order valence-corrected chi connectivity index (χ4v) is 4.21. The summed E-state index contributed by atoms with van der Waals surface area (Å²) >= 11 is 1.57. The standard InChI is InChI=1S/C15H17NO3S/c17-13(16-15(14(18)19)6-7-20-9-15)12-5-4-10-2-1-3-11(10)8-12/h4-5,8H,1-3,6-7,9H2,(H,16,17)(H,18,19). The second kappa shape index (κ2) is 5.13. The average molecular weight is 291 g/mol. The molecule has 1 unspecified atom stereocenters. The molecule has 1 saturated heterocycles. The van der Waals surface area contributed by atoms with E-state index in [-0.39, 0.29) is 5.91 Å². The molecule has 1 aliphatic carbocycles. The van der Waals surface area contributed by atoms with Gasteiger partial charge in [0.25, 0.3) is 5.91 Å². The third-order valence-electron chi connectivity index (χ3n) is 4.14. The molecule has 5 heteroatoms. The highest BCUT2D eigenvalue weighted by Gasteiger charge is 2.43. The van der Waals surface area contributed by atoms with Crippen LogP contribution in [0.5, 0.6) is 0 Å². The van der Waals surface area contributed by atoms with Crippen molar-refractivity contribution in [2.75, 3.05) is 11.5 Å². The number of amides is 1. The van der Waals surface area contributed by atoms with Crippen LogP contribution in [0.1, 0.15) is 34.3 Å². The van der Waals surface area contributed by atoms with Gasteiger partial charge in [-0.05, 0) is 54.7 Å². The van der Waals surface area contributed by atoms with Gasteiger partial charge in [-0.3, -0.25) is 4.79 Å². The van der Waals surface area contributed by atoms with Gasteiger partial charge in [-0.2, -0.15) is 11.8 Å². The summed E-state index contributed by atoms with van der Waals surface area (Å²) in [5.41, 5.74) is 2.01. The zero-order chi connectivity index (χ0) is 14.2. The molecule has 1 amide bonds. The SMILES string of the molecule is O=C(NC1(C(=O)O)CCSC1)c1ccc2c(c1)CCC2. The Kier molecular flexibility index (Phi) is 3.46. The number of nitrogens with one attached hydrogen (secondary N) is 1. The molecule has 1 aliphatic heterocycles. The molecule has 1 atom stereocenters. The van der Waals surface area contributed by atoms with Crippen molar-refractivity contribution >= 4 is 23.6 Å². The first kappa shape index (κ1) is 13.5. The topological polar surface area (TPSA) is 66.4 Å². The van der Waals surface area contributed by atoms with Gasteiger partial charge in [-0.1, -0.05) is 6.07 Å². The summed E-state index contributed by atoms with van der Waals surface area (Å²) in [5.74, 6) is 0.0112. The van der Waals surface area contributed by atoms with E-state index in [1.807, 2.05) is 12.1 Å². The number of aliphatic carboxylic acids is 1. The summed E-state index contributed by atoms with van der Waals surface area (Å²) in [5, 5.41) is 12.1. The monoisotopic (exact) mass is 291 g/mol. The maximum atomic E-state index is 12.3. The van der Waals surface area contributed by atoms with E-state index in [9.17, 15) is 14.7 Å². The molecule has 0 bridgehead atoms. The van der Waals surface area contributed by atoms with Crippen molar-refractivity contribution in [2.45, 2.75) is 31.2 Å². The third-order valence-corrected chi connectivity index (χ3v) is 5.33. The number of rotatable bonds is 3. The van der Waals surface area contributed by atoms with Crippen LogP contribution >= 0.6 is 11.8 Å². The zero-order valence-electron chi connectivity index (χ0n) is 11.1. The highest BCUT2D eigenvalue weighted by Crippen LogP contribution is 2.29. The zero-order valence-corrected chi connectivity index (χ0v) is 12.0. The van der Waals surface area contributed by atoms with E-state index in [0.29, 0.717) is 17.7 Å². The van der Waals surface area contributed by atoms with Gasteiger partial charge >= 0.3 is 5.97 Å². The van der Waals surface area contributed by atoms with Crippen LogP contribution in [-0.2, 0) is 17.6 Å². The Morgan fingerprint density at radius 3 is 2.75 bits per heavy atom. The average Bonchev–Trinajstić information content (AvgIpc) is 3.06. The number of carboxylic acids is 1. The van der Waals surface area contributed by atoms with Crippen LogP contribution in [0.3, 0.4) is 0 Å². The number of carbonyl (C=O) groups excluding carboxylic acids is 1. The number of benzene rings is 1. The fraction of sp³-hybridized carbons (Fsp3) is 0.467. The number of thioether (sulfide) groups is 1. The second-order valence-corrected chi connectivity index (χ2v) is 6.59. The van der Waals surface area contributed by atoms with Gasteiger partial charge in [-0.25, -0.2) is 4.79 Å². The van der Waals surface area contributed by atoms with E-state index in [4.69, 9.17) is 0 Å². The first-order valence-electron chi connectivity index (χ1n) is 6.86. The van der Waals surface area contributed by atoms with Gasteiger partial charge in [-0.15, -0.1) is 0 Å². The van der Waals surface area contributed by atoms with E-state index in [1.165, 1.54) is 11.1 Å². The predicted octanol–water partition coefficient (Wildman–Crippen LogP) is 1.87. The Morgan fingerprint density at radius 1 is 1.25 bits per heavy atom. The minimum absolute atomic E-state index is 0.274. The fourth-order valence-electron chi connectivity index (χ4n) is 2.89. The Hall–Kier alpha value is -1.49. The minimum atomic E-state index is -1.10. The Bertz CT molecular complexity index is 564. The Morgan fingerprint density at radius 2 is 2.05 bits per heavy atom. The van der Waals surface area contributed by atoms with E-state index in [1.54, 1.807) is 17.8 Å². The normalized spacial score (nSPS) is 24.4. The Labute approximate surface area is 121 Å². The molecule has 20 heavy (non-hydrogen) atoms. The van der Waals surface area contributed by atoms with Gasteiger partial charge < -0.3 is 10.4 Å². The molecule has 0 saturated carbocycles. The quantitative estimate of drug-likeness (QED) is 0.892. The molecule has 1 aromatic rings. The van der Waals surface area contributed by atoms with Crippen LogP contribution in [0, 0.1) is 0 Å². The number of aryl methyl sites for hydroxylation is 2. The number of hydrogen-bond donors (Lipinski definition) is 2. The Balaban J connectivity index is 1.80. The number of carboxylic acid groups (broad SMARTS) is 1. The summed E-state index contributed by atoms with van der Waals surface area (Å²) in [4.78, 5) is 23.8. The molecule has 106 valence electrons. The lowest BCUT2D eigenvalue weighted by Gasteiger charge is -2.24. The van der Waals surface area contributed by atoms with E-state index in [0.717, 1.165) is 25.0 Å². The molecule has 3 rings (SSSR count). The number of fused-ring (bicyclic) bond motifs is 1. The van der Waals surface area contributed by atoms with Crippen LogP contribution in [0.15, 0.2) is 18.2 Å². The van der Waals surface area contributed by atoms with Gasteiger partial charge in [0, 0.05) is 11.3 Å². The molecular weight excluding hydrogens is 274 g/mol. The van der Waals surface area contributed by atoms with Crippen molar-refractivity contribution in [3.63, 3.8) is 0 Å². The molecule has 0 radical (unpaired) electrons. The van der Waals surface area contributed by atoms with Gasteiger partial charge in [0.2, 0.25) is 0 Å². The highest BCUT2D eigenvalue weighted by molar-refractivity contribution is 7.99. The van der Waals surface area contributed by atoms with Crippen molar-refractivity contribution < 1.29 is 14.7 Å². The van der Waals surface area contributed by atoms with E-state index >= 15 is 0 Å². The first-order valence-corrected chi connectivity index (χ1v) is 8.02. The molecule has 2 aliphatic rings. The van der Waals surface area contributed by atoms with E-state index < -0.39 is 11.5 Å². The summed E-state index contributed by atoms with van der Waals surface area (Å²) in [6, 6.07) is 5.71. The molecule has 4 nitrogen and oxygen atoms in total.